The van der Waals surface area contributed by atoms with E-state index in [0.717, 1.165) is 6.20 Å². The predicted molar refractivity (Wildman–Crippen MR) is 63.2 cm³/mol. The minimum atomic E-state index is -0.554. The zero-order valence-electron chi connectivity index (χ0n) is 10.3. The molecule has 0 spiro atoms. The van der Waals surface area contributed by atoms with E-state index < -0.39 is 4.92 Å². The normalized spacial score (nSPS) is 12.3. The maximum atomic E-state index is 10.8. The van der Waals surface area contributed by atoms with E-state index in [1.54, 1.807) is 7.05 Å². The lowest BCUT2D eigenvalue weighted by molar-refractivity contribution is -0.386. The second kappa shape index (κ2) is 5.42. The number of anilines is 1. The van der Waals surface area contributed by atoms with Crippen molar-refractivity contribution in [3.05, 3.63) is 16.3 Å². The van der Waals surface area contributed by atoms with Crippen molar-refractivity contribution in [2.24, 2.45) is 5.92 Å². The maximum Gasteiger partial charge on any atom is 0.349 e. The molecule has 7 heteroatoms. The first-order valence-electron chi connectivity index (χ1n) is 5.31. The minimum Gasteiger partial charge on any atom is -0.469 e. The summed E-state index contributed by atoms with van der Waals surface area (Å²) in [6.07, 6.45) is 0.981. The van der Waals surface area contributed by atoms with Gasteiger partial charge in [0.05, 0.1) is 4.92 Å². The Kier molecular flexibility index (Phi) is 4.19. The molecular weight excluding hydrogens is 224 g/mol. The van der Waals surface area contributed by atoms with Gasteiger partial charge in [-0.05, 0) is 12.8 Å². The Morgan fingerprint density at radius 2 is 2.12 bits per heavy atom. The van der Waals surface area contributed by atoms with Gasteiger partial charge in [-0.2, -0.15) is 4.98 Å². The molecule has 1 unspecified atom stereocenters. The van der Waals surface area contributed by atoms with E-state index in [9.17, 15) is 10.1 Å². The van der Waals surface area contributed by atoms with Crippen LogP contribution in [-0.2, 0) is 0 Å². The van der Waals surface area contributed by atoms with Crippen LogP contribution in [0.4, 0.5) is 11.6 Å². The number of aromatic nitrogens is 2. The highest BCUT2D eigenvalue weighted by molar-refractivity contribution is 5.42. The molecule has 7 nitrogen and oxygen atoms in total. The van der Waals surface area contributed by atoms with Crippen LogP contribution in [0.3, 0.4) is 0 Å². The molecule has 0 fully saturated rings. The fourth-order valence-electron chi connectivity index (χ4n) is 1.00. The second-order valence-corrected chi connectivity index (χ2v) is 3.96. The Balaban J connectivity index is 3.05. The molecule has 0 saturated carbocycles. The van der Waals surface area contributed by atoms with Crippen LogP contribution in [-0.4, -0.2) is 28.0 Å². The van der Waals surface area contributed by atoms with E-state index in [4.69, 9.17) is 4.74 Å². The summed E-state index contributed by atoms with van der Waals surface area (Å²) in [5, 5.41) is 13.5. The van der Waals surface area contributed by atoms with Crippen molar-refractivity contribution in [3.63, 3.8) is 0 Å². The van der Waals surface area contributed by atoms with Crippen molar-refractivity contribution in [1.29, 1.82) is 0 Å². The average Bonchev–Trinajstić information content (AvgIpc) is 2.28. The second-order valence-electron chi connectivity index (χ2n) is 3.96. The van der Waals surface area contributed by atoms with Gasteiger partial charge < -0.3 is 10.1 Å². The van der Waals surface area contributed by atoms with Gasteiger partial charge in [-0.3, -0.25) is 10.1 Å². The third kappa shape index (κ3) is 3.27. The summed E-state index contributed by atoms with van der Waals surface area (Å²) in [5.41, 5.74) is -0.225. The molecule has 94 valence electrons. The SMILES string of the molecule is CNc1ncc([N+](=O)[O-])c(OC(C)C(C)C)n1. The molecule has 17 heavy (non-hydrogen) atoms. The first-order chi connectivity index (χ1) is 7.95. The lowest BCUT2D eigenvalue weighted by Crippen LogP contribution is -2.20. The van der Waals surface area contributed by atoms with Crippen molar-refractivity contribution in [2.45, 2.75) is 26.9 Å². The highest BCUT2D eigenvalue weighted by Gasteiger charge is 2.21. The van der Waals surface area contributed by atoms with Crippen molar-refractivity contribution in [1.82, 2.24) is 9.97 Å². The average molecular weight is 240 g/mol. The van der Waals surface area contributed by atoms with E-state index in [1.807, 2.05) is 20.8 Å². The zero-order chi connectivity index (χ0) is 13.0. The summed E-state index contributed by atoms with van der Waals surface area (Å²) in [6.45, 7) is 5.78. The smallest absolute Gasteiger partial charge is 0.349 e. The minimum absolute atomic E-state index is 0.00412. The monoisotopic (exact) mass is 240 g/mol. The molecule has 1 aromatic rings. The number of nitro groups is 1. The van der Waals surface area contributed by atoms with Crippen LogP contribution in [0, 0.1) is 16.0 Å². The Morgan fingerprint density at radius 3 is 2.59 bits per heavy atom. The summed E-state index contributed by atoms with van der Waals surface area (Å²) < 4.78 is 5.48. The van der Waals surface area contributed by atoms with Crippen LogP contribution >= 0.6 is 0 Å². The van der Waals surface area contributed by atoms with Gasteiger partial charge in [0.1, 0.15) is 12.3 Å². The molecule has 1 N–H and O–H groups in total. The molecule has 1 aromatic heterocycles. The van der Waals surface area contributed by atoms with Crippen LogP contribution in [0.25, 0.3) is 0 Å². The molecule has 0 saturated heterocycles. The van der Waals surface area contributed by atoms with Gasteiger partial charge in [0, 0.05) is 7.05 Å². The Bertz CT molecular complexity index is 409. The summed E-state index contributed by atoms with van der Waals surface area (Å²) in [4.78, 5) is 18.0. The molecule has 1 atom stereocenters. The van der Waals surface area contributed by atoms with Crippen LogP contribution in [0.1, 0.15) is 20.8 Å². The quantitative estimate of drug-likeness (QED) is 0.624. The summed E-state index contributed by atoms with van der Waals surface area (Å²) >= 11 is 0. The molecule has 0 radical (unpaired) electrons. The third-order valence-electron chi connectivity index (χ3n) is 2.39. The van der Waals surface area contributed by atoms with Gasteiger partial charge in [0.25, 0.3) is 5.88 Å². The highest BCUT2D eigenvalue weighted by atomic mass is 16.6. The summed E-state index contributed by atoms with van der Waals surface area (Å²) in [6, 6.07) is 0. The maximum absolute atomic E-state index is 10.8. The zero-order valence-corrected chi connectivity index (χ0v) is 10.3. The van der Waals surface area contributed by atoms with Crippen molar-refractivity contribution in [2.75, 3.05) is 12.4 Å². The highest BCUT2D eigenvalue weighted by Crippen LogP contribution is 2.26. The Labute approximate surface area is 99.4 Å². The topological polar surface area (TPSA) is 90.2 Å². The summed E-state index contributed by atoms with van der Waals surface area (Å²) in [7, 11) is 1.64. The Hall–Kier alpha value is -1.92. The molecule has 0 aliphatic heterocycles. The predicted octanol–water partition coefficient (Wildman–Crippen LogP) is 1.85. The Morgan fingerprint density at radius 1 is 1.47 bits per heavy atom. The molecule has 0 aliphatic carbocycles. The first kappa shape index (κ1) is 13.1. The number of hydrogen-bond donors (Lipinski definition) is 1. The number of nitrogens with one attached hydrogen (secondary N) is 1. The molecular formula is C10H16N4O3. The molecule has 1 rings (SSSR count). The number of ether oxygens (including phenoxy) is 1. The summed E-state index contributed by atoms with van der Waals surface area (Å²) in [5.74, 6) is 0.528. The van der Waals surface area contributed by atoms with Crippen LogP contribution < -0.4 is 10.1 Å². The number of nitrogens with zero attached hydrogens (tertiary/aromatic N) is 3. The van der Waals surface area contributed by atoms with Gasteiger partial charge in [-0.1, -0.05) is 13.8 Å². The molecule has 0 amide bonds. The first-order valence-corrected chi connectivity index (χ1v) is 5.31. The molecule has 0 aliphatic rings. The van der Waals surface area contributed by atoms with E-state index >= 15 is 0 Å². The van der Waals surface area contributed by atoms with Gasteiger partial charge in [0.15, 0.2) is 0 Å². The van der Waals surface area contributed by atoms with Crippen LogP contribution in [0.2, 0.25) is 0 Å². The van der Waals surface area contributed by atoms with E-state index in [2.05, 4.69) is 15.3 Å². The van der Waals surface area contributed by atoms with Gasteiger partial charge in [-0.25, -0.2) is 4.98 Å². The van der Waals surface area contributed by atoms with Gasteiger partial charge in [0.2, 0.25) is 5.95 Å². The largest absolute Gasteiger partial charge is 0.469 e. The third-order valence-corrected chi connectivity index (χ3v) is 2.39. The van der Waals surface area contributed by atoms with Crippen LogP contribution in [0.15, 0.2) is 6.20 Å². The van der Waals surface area contributed by atoms with E-state index in [0.29, 0.717) is 5.95 Å². The van der Waals surface area contributed by atoms with E-state index in [-0.39, 0.29) is 23.6 Å². The molecule has 1 heterocycles. The number of rotatable bonds is 5. The lowest BCUT2D eigenvalue weighted by Gasteiger charge is -2.17. The van der Waals surface area contributed by atoms with Crippen molar-refractivity contribution in [3.8, 4) is 5.88 Å². The van der Waals surface area contributed by atoms with Gasteiger partial charge >= 0.3 is 5.69 Å². The molecule has 0 bridgehead atoms. The fourth-order valence-corrected chi connectivity index (χ4v) is 1.00. The fraction of sp³-hybridized carbons (Fsp3) is 0.600. The van der Waals surface area contributed by atoms with E-state index in [1.165, 1.54) is 0 Å². The van der Waals surface area contributed by atoms with Gasteiger partial charge in [-0.15, -0.1) is 0 Å². The molecule has 0 aromatic carbocycles. The van der Waals surface area contributed by atoms with Crippen molar-refractivity contribution < 1.29 is 9.66 Å². The standard InChI is InChI=1S/C10H16N4O3/c1-6(2)7(3)17-9-8(14(15)16)5-12-10(11-4)13-9/h5-7H,1-4H3,(H,11,12,13). The lowest BCUT2D eigenvalue weighted by atomic mass is 10.1. The number of hydrogen-bond acceptors (Lipinski definition) is 6. The van der Waals surface area contributed by atoms with Crippen molar-refractivity contribution >= 4 is 11.6 Å². The van der Waals surface area contributed by atoms with Crippen LogP contribution in [0.5, 0.6) is 5.88 Å².